The fraction of sp³-hybridized carbons (Fsp3) is 0.600. The molecular formula is C15H25ClN2O3S. The van der Waals surface area contributed by atoms with E-state index in [1.54, 1.807) is 22.5 Å². The van der Waals surface area contributed by atoms with Gasteiger partial charge in [-0.3, -0.25) is 0 Å². The predicted molar refractivity (Wildman–Crippen MR) is 90.4 cm³/mol. The Morgan fingerprint density at radius 3 is 2.59 bits per heavy atom. The van der Waals surface area contributed by atoms with Crippen LogP contribution < -0.4 is 10.1 Å². The van der Waals surface area contributed by atoms with E-state index in [0.717, 1.165) is 11.3 Å². The van der Waals surface area contributed by atoms with Crippen LogP contribution >= 0.6 is 12.4 Å². The lowest BCUT2D eigenvalue weighted by molar-refractivity contribution is 0.240. The molecule has 0 radical (unpaired) electrons. The zero-order valence-corrected chi connectivity index (χ0v) is 15.1. The summed E-state index contributed by atoms with van der Waals surface area (Å²) < 4.78 is 32.6. The van der Waals surface area contributed by atoms with Gasteiger partial charge in [-0.2, -0.15) is 4.31 Å². The van der Waals surface area contributed by atoms with E-state index in [0.29, 0.717) is 24.5 Å². The minimum atomic E-state index is -3.42. The van der Waals surface area contributed by atoms with Crippen molar-refractivity contribution in [1.29, 1.82) is 0 Å². The summed E-state index contributed by atoms with van der Waals surface area (Å²) in [5.41, 5.74) is 0.841. The lowest BCUT2D eigenvalue weighted by Gasteiger charge is -2.31. The second-order valence-corrected chi connectivity index (χ2v) is 7.75. The molecule has 1 saturated heterocycles. The Balaban J connectivity index is 0.00000242. The van der Waals surface area contributed by atoms with Crippen LogP contribution in [0.15, 0.2) is 23.1 Å². The Kier molecular flexibility index (Phi) is 6.67. The number of piperazine rings is 1. The Morgan fingerprint density at radius 2 is 2.05 bits per heavy atom. The lowest BCUT2D eigenvalue weighted by atomic mass is 10.2. The number of nitrogens with zero attached hydrogens (tertiary/aromatic N) is 1. The first-order valence-electron chi connectivity index (χ1n) is 7.31. The Labute approximate surface area is 139 Å². The highest BCUT2D eigenvalue weighted by molar-refractivity contribution is 7.89. The van der Waals surface area contributed by atoms with Gasteiger partial charge in [-0.25, -0.2) is 8.42 Å². The first-order chi connectivity index (χ1) is 9.80. The average Bonchev–Trinajstić information content (AvgIpc) is 2.40. The van der Waals surface area contributed by atoms with Crippen molar-refractivity contribution in [3.8, 4) is 5.75 Å². The first-order valence-corrected chi connectivity index (χ1v) is 8.75. The molecule has 7 heteroatoms. The highest BCUT2D eigenvalue weighted by Crippen LogP contribution is 2.25. The van der Waals surface area contributed by atoms with Crippen LogP contribution in [-0.2, 0) is 10.0 Å². The van der Waals surface area contributed by atoms with Crippen molar-refractivity contribution in [3.63, 3.8) is 0 Å². The van der Waals surface area contributed by atoms with Gasteiger partial charge in [-0.05, 0) is 51.5 Å². The van der Waals surface area contributed by atoms with Gasteiger partial charge in [-0.1, -0.05) is 0 Å². The maximum absolute atomic E-state index is 12.7. The third-order valence-corrected chi connectivity index (χ3v) is 5.34. The number of hydrogen-bond donors (Lipinski definition) is 1. The minimum absolute atomic E-state index is 0. The fourth-order valence-electron chi connectivity index (χ4n) is 2.43. The molecule has 1 atom stereocenters. The van der Waals surface area contributed by atoms with Gasteiger partial charge in [0.15, 0.2) is 0 Å². The third kappa shape index (κ3) is 4.35. The summed E-state index contributed by atoms with van der Waals surface area (Å²) in [7, 11) is -3.42. The van der Waals surface area contributed by atoms with Gasteiger partial charge >= 0.3 is 0 Å². The molecule has 0 bridgehead atoms. The first kappa shape index (κ1) is 19.2. The molecule has 1 heterocycles. The van der Waals surface area contributed by atoms with Crippen LogP contribution in [0.4, 0.5) is 0 Å². The van der Waals surface area contributed by atoms with Crippen LogP contribution in [0.2, 0.25) is 0 Å². The minimum Gasteiger partial charge on any atom is -0.491 e. The van der Waals surface area contributed by atoms with Gasteiger partial charge in [0.25, 0.3) is 0 Å². The van der Waals surface area contributed by atoms with Crippen molar-refractivity contribution >= 4 is 22.4 Å². The molecule has 0 unspecified atom stereocenters. The molecule has 1 fully saturated rings. The highest BCUT2D eigenvalue weighted by Gasteiger charge is 2.28. The highest BCUT2D eigenvalue weighted by atomic mass is 35.5. The van der Waals surface area contributed by atoms with Crippen molar-refractivity contribution in [2.24, 2.45) is 0 Å². The van der Waals surface area contributed by atoms with E-state index in [9.17, 15) is 8.42 Å². The second-order valence-electron chi connectivity index (χ2n) is 5.81. The molecule has 0 saturated carbocycles. The number of rotatable bonds is 4. The quantitative estimate of drug-likeness (QED) is 0.906. The number of nitrogens with one attached hydrogen (secondary N) is 1. The molecule has 0 aromatic heterocycles. The summed E-state index contributed by atoms with van der Waals surface area (Å²) in [6.07, 6.45) is 0.0696. The number of aryl methyl sites for hydroxylation is 1. The van der Waals surface area contributed by atoms with Crippen LogP contribution in [0, 0.1) is 6.92 Å². The van der Waals surface area contributed by atoms with E-state index in [2.05, 4.69) is 5.32 Å². The SMILES string of the molecule is Cc1cc(S(=O)(=O)N2CCN[C@H](C)C2)ccc1OC(C)C.Cl. The van der Waals surface area contributed by atoms with Gasteiger partial charge in [0.1, 0.15) is 5.75 Å². The van der Waals surface area contributed by atoms with E-state index in [1.807, 2.05) is 27.7 Å². The zero-order valence-electron chi connectivity index (χ0n) is 13.5. The summed E-state index contributed by atoms with van der Waals surface area (Å²) in [6.45, 7) is 9.47. The molecule has 2 rings (SSSR count). The zero-order chi connectivity index (χ0) is 15.6. The summed E-state index contributed by atoms with van der Waals surface area (Å²) in [5.74, 6) is 0.734. The van der Waals surface area contributed by atoms with Gasteiger partial charge in [-0.15, -0.1) is 12.4 Å². The van der Waals surface area contributed by atoms with Crippen LogP contribution in [0.3, 0.4) is 0 Å². The van der Waals surface area contributed by atoms with Gasteiger partial charge in [0, 0.05) is 25.7 Å². The third-order valence-electron chi connectivity index (χ3n) is 3.48. The van der Waals surface area contributed by atoms with Crippen molar-refractivity contribution in [2.45, 2.75) is 44.7 Å². The molecule has 1 aromatic carbocycles. The molecule has 22 heavy (non-hydrogen) atoms. The number of hydrogen-bond acceptors (Lipinski definition) is 4. The molecular weight excluding hydrogens is 324 g/mol. The summed E-state index contributed by atoms with van der Waals surface area (Å²) >= 11 is 0. The molecule has 1 aliphatic heterocycles. The second kappa shape index (κ2) is 7.64. The lowest BCUT2D eigenvalue weighted by Crippen LogP contribution is -2.51. The summed E-state index contributed by atoms with van der Waals surface area (Å²) in [5, 5.41) is 3.25. The van der Waals surface area contributed by atoms with E-state index in [4.69, 9.17) is 4.74 Å². The van der Waals surface area contributed by atoms with E-state index in [-0.39, 0.29) is 24.6 Å². The molecule has 0 spiro atoms. The number of benzene rings is 1. The van der Waals surface area contributed by atoms with E-state index >= 15 is 0 Å². The van der Waals surface area contributed by atoms with E-state index in [1.165, 1.54) is 0 Å². The van der Waals surface area contributed by atoms with Gasteiger partial charge in [0.2, 0.25) is 10.0 Å². The van der Waals surface area contributed by atoms with Gasteiger partial charge in [0.05, 0.1) is 11.0 Å². The maximum Gasteiger partial charge on any atom is 0.243 e. The van der Waals surface area contributed by atoms with Crippen LogP contribution in [-0.4, -0.2) is 44.5 Å². The topological polar surface area (TPSA) is 58.6 Å². The van der Waals surface area contributed by atoms with Crippen molar-refractivity contribution in [1.82, 2.24) is 9.62 Å². The summed E-state index contributed by atoms with van der Waals surface area (Å²) in [6, 6.07) is 5.25. The molecule has 0 amide bonds. The Bertz CT molecular complexity index is 605. The van der Waals surface area contributed by atoms with Crippen molar-refractivity contribution in [2.75, 3.05) is 19.6 Å². The maximum atomic E-state index is 12.7. The largest absolute Gasteiger partial charge is 0.491 e. The van der Waals surface area contributed by atoms with Crippen LogP contribution in [0.1, 0.15) is 26.3 Å². The van der Waals surface area contributed by atoms with Crippen LogP contribution in [0.5, 0.6) is 5.75 Å². The molecule has 126 valence electrons. The standard InChI is InChI=1S/C15H24N2O3S.ClH/c1-11(2)20-15-6-5-14(9-12(15)3)21(18,19)17-8-7-16-13(4)10-17;/h5-6,9,11,13,16H,7-8,10H2,1-4H3;1H/t13-;/m1./s1. The number of halogens is 1. The number of ether oxygens (including phenoxy) is 1. The fourth-order valence-corrected chi connectivity index (χ4v) is 4.05. The molecule has 1 aromatic rings. The molecule has 1 aliphatic rings. The van der Waals surface area contributed by atoms with Gasteiger partial charge < -0.3 is 10.1 Å². The summed E-state index contributed by atoms with van der Waals surface area (Å²) in [4.78, 5) is 0.338. The van der Waals surface area contributed by atoms with Crippen LogP contribution in [0.25, 0.3) is 0 Å². The Hall–Kier alpha value is -0.820. The molecule has 5 nitrogen and oxygen atoms in total. The van der Waals surface area contributed by atoms with Crippen molar-refractivity contribution in [3.05, 3.63) is 23.8 Å². The predicted octanol–water partition coefficient (Wildman–Crippen LogP) is 2.19. The smallest absolute Gasteiger partial charge is 0.243 e. The normalized spacial score (nSPS) is 19.8. The Morgan fingerprint density at radius 1 is 1.36 bits per heavy atom. The van der Waals surface area contributed by atoms with E-state index < -0.39 is 10.0 Å². The van der Waals surface area contributed by atoms with Crippen molar-refractivity contribution < 1.29 is 13.2 Å². The monoisotopic (exact) mass is 348 g/mol. The average molecular weight is 349 g/mol. The number of sulfonamides is 1. The molecule has 0 aliphatic carbocycles. The molecule has 1 N–H and O–H groups in total.